The highest BCUT2D eigenvalue weighted by Gasteiger charge is 2.31. The van der Waals surface area contributed by atoms with Crippen molar-refractivity contribution in [2.24, 2.45) is 5.41 Å². The minimum Gasteiger partial charge on any atom is -0.381 e. The Hall–Kier alpha value is -0.0800. The summed E-state index contributed by atoms with van der Waals surface area (Å²) in [6.45, 7) is 8.71. The molecule has 1 heterocycles. The van der Waals surface area contributed by atoms with Gasteiger partial charge in [0.2, 0.25) is 0 Å². The average Bonchev–Trinajstić information content (AvgIpc) is 2.34. The average molecular weight is 227 g/mol. The number of hydrogen-bond acceptors (Lipinski definition) is 2. The third-order valence-corrected chi connectivity index (χ3v) is 3.86. The topological polar surface area (TPSA) is 21.3 Å². The molecule has 96 valence electrons. The summed E-state index contributed by atoms with van der Waals surface area (Å²) in [7, 11) is 0. The SMILES string of the molecule is CCCCCCC1(CNCC)CCOCC1. The van der Waals surface area contributed by atoms with E-state index in [0.717, 1.165) is 19.8 Å². The lowest BCUT2D eigenvalue weighted by Crippen LogP contribution is -2.39. The van der Waals surface area contributed by atoms with Crippen LogP contribution in [0.15, 0.2) is 0 Å². The van der Waals surface area contributed by atoms with Crippen molar-refractivity contribution in [1.82, 2.24) is 5.32 Å². The molecular formula is C14H29NO. The van der Waals surface area contributed by atoms with Crippen LogP contribution in [0.4, 0.5) is 0 Å². The second-order valence-electron chi connectivity index (χ2n) is 5.20. The minimum atomic E-state index is 0.544. The first kappa shape index (κ1) is 14.0. The lowest BCUT2D eigenvalue weighted by Gasteiger charge is -2.37. The molecule has 2 heteroatoms. The lowest BCUT2D eigenvalue weighted by molar-refractivity contribution is 0.00939. The van der Waals surface area contributed by atoms with Gasteiger partial charge >= 0.3 is 0 Å². The molecule has 2 nitrogen and oxygen atoms in total. The van der Waals surface area contributed by atoms with E-state index in [2.05, 4.69) is 19.2 Å². The summed E-state index contributed by atoms with van der Waals surface area (Å²) in [6.07, 6.45) is 9.45. The van der Waals surface area contributed by atoms with Gasteiger partial charge < -0.3 is 10.1 Å². The van der Waals surface area contributed by atoms with Crippen LogP contribution in [0.3, 0.4) is 0 Å². The van der Waals surface area contributed by atoms with E-state index in [0.29, 0.717) is 5.41 Å². The molecule has 1 N–H and O–H groups in total. The summed E-state index contributed by atoms with van der Waals surface area (Å²) < 4.78 is 5.50. The van der Waals surface area contributed by atoms with Crippen LogP contribution in [0.2, 0.25) is 0 Å². The molecule has 0 atom stereocenters. The molecule has 1 saturated heterocycles. The number of ether oxygens (including phenoxy) is 1. The highest BCUT2D eigenvalue weighted by molar-refractivity contribution is 4.83. The predicted octanol–water partition coefficient (Wildman–Crippen LogP) is 3.36. The summed E-state index contributed by atoms with van der Waals surface area (Å²) in [6, 6.07) is 0. The zero-order valence-electron chi connectivity index (χ0n) is 11.2. The molecule has 0 spiro atoms. The Balaban J connectivity index is 2.30. The van der Waals surface area contributed by atoms with Crippen LogP contribution in [-0.2, 0) is 4.74 Å². The first-order valence-electron chi connectivity index (χ1n) is 7.11. The van der Waals surface area contributed by atoms with Crippen molar-refractivity contribution in [3.05, 3.63) is 0 Å². The van der Waals surface area contributed by atoms with Crippen molar-refractivity contribution in [1.29, 1.82) is 0 Å². The van der Waals surface area contributed by atoms with Crippen molar-refractivity contribution >= 4 is 0 Å². The van der Waals surface area contributed by atoms with E-state index >= 15 is 0 Å². The van der Waals surface area contributed by atoms with Gasteiger partial charge in [0.1, 0.15) is 0 Å². The first-order chi connectivity index (χ1) is 7.83. The van der Waals surface area contributed by atoms with E-state index in [1.807, 2.05) is 0 Å². The Kier molecular flexibility index (Phi) is 7.06. The van der Waals surface area contributed by atoms with Gasteiger partial charge in [0.05, 0.1) is 0 Å². The molecule has 1 aliphatic rings. The Bertz CT molecular complexity index is 164. The zero-order valence-corrected chi connectivity index (χ0v) is 11.2. The molecule has 0 saturated carbocycles. The summed E-state index contributed by atoms with van der Waals surface area (Å²) in [5.74, 6) is 0. The van der Waals surface area contributed by atoms with Gasteiger partial charge in [-0.3, -0.25) is 0 Å². The van der Waals surface area contributed by atoms with Crippen LogP contribution in [0.1, 0.15) is 58.8 Å². The standard InChI is InChI=1S/C14H29NO/c1-3-5-6-7-8-14(13-15-4-2)9-11-16-12-10-14/h15H,3-13H2,1-2H3. The van der Waals surface area contributed by atoms with Crippen LogP contribution >= 0.6 is 0 Å². The lowest BCUT2D eigenvalue weighted by atomic mass is 9.76. The van der Waals surface area contributed by atoms with E-state index < -0.39 is 0 Å². The van der Waals surface area contributed by atoms with E-state index in [1.54, 1.807) is 0 Å². The highest BCUT2D eigenvalue weighted by atomic mass is 16.5. The Morgan fingerprint density at radius 1 is 1.06 bits per heavy atom. The maximum Gasteiger partial charge on any atom is 0.0471 e. The van der Waals surface area contributed by atoms with Crippen LogP contribution in [0.25, 0.3) is 0 Å². The number of nitrogens with one attached hydrogen (secondary N) is 1. The van der Waals surface area contributed by atoms with Crippen LogP contribution in [0, 0.1) is 5.41 Å². The highest BCUT2D eigenvalue weighted by Crippen LogP contribution is 2.35. The van der Waals surface area contributed by atoms with Gasteiger partial charge in [-0.15, -0.1) is 0 Å². The largest absolute Gasteiger partial charge is 0.381 e. The van der Waals surface area contributed by atoms with E-state index in [4.69, 9.17) is 4.74 Å². The molecule has 16 heavy (non-hydrogen) atoms. The zero-order chi connectivity index (χ0) is 11.7. The molecule has 0 unspecified atom stereocenters. The summed E-state index contributed by atoms with van der Waals surface area (Å²) in [5.41, 5.74) is 0.544. The fraction of sp³-hybridized carbons (Fsp3) is 1.00. The molecule has 0 aromatic heterocycles. The maximum atomic E-state index is 5.50. The van der Waals surface area contributed by atoms with Crippen molar-refractivity contribution in [3.63, 3.8) is 0 Å². The number of hydrogen-bond donors (Lipinski definition) is 1. The van der Waals surface area contributed by atoms with E-state index in [1.165, 1.54) is 51.5 Å². The molecule has 1 rings (SSSR count). The van der Waals surface area contributed by atoms with Gasteiger partial charge in [-0.1, -0.05) is 39.5 Å². The van der Waals surface area contributed by atoms with Crippen molar-refractivity contribution in [2.45, 2.75) is 58.8 Å². The molecule has 0 aliphatic carbocycles. The quantitative estimate of drug-likeness (QED) is 0.642. The second-order valence-corrected chi connectivity index (χ2v) is 5.20. The van der Waals surface area contributed by atoms with Crippen LogP contribution in [0.5, 0.6) is 0 Å². The predicted molar refractivity (Wildman–Crippen MR) is 69.8 cm³/mol. The molecule has 1 fully saturated rings. The van der Waals surface area contributed by atoms with E-state index in [-0.39, 0.29) is 0 Å². The third-order valence-electron chi connectivity index (χ3n) is 3.86. The molecule has 0 aromatic carbocycles. The Labute approximate surface area is 101 Å². The molecule has 0 aromatic rings. The number of unbranched alkanes of at least 4 members (excludes halogenated alkanes) is 3. The van der Waals surface area contributed by atoms with E-state index in [9.17, 15) is 0 Å². The third kappa shape index (κ3) is 4.84. The van der Waals surface area contributed by atoms with Crippen molar-refractivity contribution in [2.75, 3.05) is 26.3 Å². The fourth-order valence-corrected chi connectivity index (χ4v) is 2.64. The van der Waals surface area contributed by atoms with Gasteiger partial charge in [-0.05, 0) is 31.2 Å². The van der Waals surface area contributed by atoms with Crippen LogP contribution in [-0.4, -0.2) is 26.3 Å². The second kappa shape index (κ2) is 8.08. The van der Waals surface area contributed by atoms with Gasteiger partial charge in [0.25, 0.3) is 0 Å². The van der Waals surface area contributed by atoms with Gasteiger partial charge in [-0.25, -0.2) is 0 Å². The smallest absolute Gasteiger partial charge is 0.0471 e. The summed E-state index contributed by atoms with van der Waals surface area (Å²) >= 11 is 0. The maximum absolute atomic E-state index is 5.50. The number of rotatable bonds is 8. The van der Waals surface area contributed by atoms with Crippen molar-refractivity contribution < 1.29 is 4.74 Å². The molecular weight excluding hydrogens is 198 g/mol. The van der Waals surface area contributed by atoms with Gasteiger partial charge in [0.15, 0.2) is 0 Å². The normalized spacial score (nSPS) is 19.9. The fourth-order valence-electron chi connectivity index (χ4n) is 2.64. The Morgan fingerprint density at radius 2 is 1.81 bits per heavy atom. The monoisotopic (exact) mass is 227 g/mol. The van der Waals surface area contributed by atoms with Gasteiger partial charge in [-0.2, -0.15) is 0 Å². The Morgan fingerprint density at radius 3 is 2.44 bits per heavy atom. The molecule has 1 aliphatic heterocycles. The molecule has 0 amide bonds. The van der Waals surface area contributed by atoms with Crippen LogP contribution < -0.4 is 5.32 Å². The first-order valence-corrected chi connectivity index (χ1v) is 7.11. The molecule has 0 bridgehead atoms. The van der Waals surface area contributed by atoms with Crippen molar-refractivity contribution in [3.8, 4) is 0 Å². The summed E-state index contributed by atoms with van der Waals surface area (Å²) in [4.78, 5) is 0. The molecule has 0 radical (unpaired) electrons. The van der Waals surface area contributed by atoms with Gasteiger partial charge in [0, 0.05) is 19.8 Å². The summed E-state index contributed by atoms with van der Waals surface area (Å²) in [5, 5.41) is 3.54. The minimum absolute atomic E-state index is 0.544.